The summed E-state index contributed by atoms with van der Waals surface area (Å²) in [6, 6.07) is 15.1. The van der Waals surface area contributed by atoms with E-state index in [0.717, 1.165) is 35.7 Å². The summed E-state index contributed by atoms with van der Waals surface area (Å²) in [6.07, 6.45) is 4.90. The Balaban J connectivity index is 1.42. The number of aromatic nitrogens is 5. The molecule has 0 radical (unpaired) electrons. The molecule has 0 unspecified atom stereocenters. The predicted molar refractivity (Wildman–Crippen MR) is 145 cm³/mol. The van der Waals surface area contributed by atoms with Crippen LogP contribution in [0.1, 0.15) is 28.8 Å². The third-order valence-corrected chi connectivity index (χ3v) is 6.77. The fraction of sp³-hybridized carbons (Fsp3) is 0.207. The smallest absolute Gasteiger partial charge is 0.262 e. The number of carbonyl (C=O) groups excluding carboxylic acids is 1. The first-order valence-corrected chi connectivity index (χ1v) is 12.6. The van der Waals surface area contributed by atoms with Gasteiger partial charge in [0.15, 0.2) is 5.65 Å². The van der Waals surface area contributed by atoms with Crippen LogP contribution in [0.3, 0.4) is 0 Å². The number of anilines is 1. The van der Waals surface area contributed by atoms with Crippen LogP contribution in [-0.4, -0.2) is 61.7 Å². The molecule has 39 heavy (non-hydrogen) atoms. The van der Waals surface area contributed by atoms with Gasteiger partial charge in [-0.1, -0.05) is 17.1 Å². The van der Waals surface area contributed by atoms with Crippen LogP contribution >= 0.6 is 0 Å². The lowest BCUT2D eigenvalue weighted by molar-refractivity contribution is 0.0968. The summed E-state index contributed by atoms with van der Waals surface area (Å²) in [7, 11) is 0. The number of rotatable bonds is 4. The van der Waals surface area contributed by atoms with Gasteiger partial charge in [0.05, 0.1) is 17.3 Å². The molecule has 6 rings (SSSR count). The number of aliphatic hydroxyl groups is 1. The van der Waals surface area contributed by atoms with Crippen molar-refractivity contribution >= 4 is 33.7 Å². The molecule has 1 aliphatic rings. The molecule has 2 N–H and O–H groups in total. The van der Waals surface area contributed by atoms with Crippen LogP contribution in [0, 0.1) is 17.7 Å². The summed E-state index contributed by atoms with van der Waals surface area (Å²) in [5.74, 6) is 4.87. The van der Waals surface area contributed by atoms with E-state index < -0.39 is 11.7 Å². The zero-order valence-corrected chi connectivity index (χ0v) is 20.9. The quantitative estimate of drug-likeness (QED) is 0.350. The lowest BCUT2D eigenvalue weighted by atomic mass is 10.0. The van der Waals surface area contributed by atoms with Crippen molar-refractivity contribution in [3.63, 3.8) is 0 Å². The highest BCUT2D eigenvalue weighted by Gasteiger charge is 2.31. The second-order valence-corrected chi connectivity index (χ2v) is 9.22. The summed E-state index contributed by atoms with van der Waals surface area (Å²) in [5, 5.41) is 22.2. The topological polar surface area (TPSA) is 109 Å². The number of carbonyl (C=O) groups is 1. The summed E-state index contributed by atoms with van der Waals surface area (Å²) >= 11 is 0. The second-order valence-electron chi connectivity index (χ2n) is 9.22. The number of benzene rings is 2. The molecule has 0 spiro atoms. The molecular formula is C29H24FN7O2. The van der Waals surface area contributed by atoms with E-state index in [1.54, 1.807) is 35.5 Å². The number of piperidine rings is 1. The third-order valence-electron chi connectivity index (χ3n) is 6.77. The number of pyridine rings is 2. The normalized spacial score (nSPS) is 15.2. The third kappa shape index (κ3) is 4.69. The molecule has 2 aromatic carbocycles. The molecule has 1 fully saturated rings. The van der Waals surface area contributed by atoms with Gasteiger partial charge in [0.1, 0.15) is 23.8 Å². The molecule has 194 valence electrons. The molecule has 1 saturated heterocycles. The fourth-order valence-electron chi connectivity index (χ4n) is 4.94. The summed E-state index contributed by atoms with van der Waals surface area (Å²) in [4.78, 5) is 24.5. The Labute approximate surface area is 223 Å². The summed E-state index contributed by atoms with van der Waals surface area (Å²) in [5.41, 5.74) is 2.17. The monoisotopic (exact) mass is 521 g/mol. The van der Waals surface area contributed by atoms with Crippen LogP contribution in [0.2, 0.25) is 0 Å². The Morgan fingerprint density at radius 3 is 2.90 bits per heavy atom. The SMILES string of the molecule is O=C(c1ccc(-n2nnc3cccnc32)cc1F)N(c1nccc2cc(C#CCO)ccc12)[C@@H]1CCCNC1. The van der Waals surface area contributed by atoms with E-state index >= 15 is 4.39 Å². The number of hydrogen-bond acceptors (Lipinski definition) is 7. The minimum absolute atomic E-state index is 0.0639. The van der Waals surface area contributed by atoms with Gasteiger partial charge < -0.3 is 10.4 Å². The minimum Gasteiger partial charge on any atom is -0.384 e. The van der Waals surface area contributed by atoms with Crippen molar-refractivity contribution < 1.29 is 14.3 Å². The van der Waals surface area contributed by atoms with Gasteiger partial charge in [-0.25, -0.2) is 14.4 Å². The van der Waals surface area contributed by atoms with Crippen molar-refractivity contribution in [1.29, 1.82) is 0 Å². The molecule has 4 heterocycles. The van der Waals surface area contributed by atoms with Gasteiger partial charge in [-0.2, -0.15) is 4.68 Å². The van der Waals surface area contributed by atoms with Crippen molar-refractivity contribution in [3.8, 4) is 17.5 Å². The highest BCUT2D eigenvalue weighted by Crippen LogP contribution is 2.30. The lowest BCUT2D eigenvalue weighted by Gasteiger charge is -2.34. The zero-order chi connectivity index (χ0) is 26.8. The highest BCUT2D eigenvalue weighted by molar-refractivity contribution is 6.10. The standard InChI is InChI=1S/C29H24FN7O2/c30-25-17-21(37-28-26(34-35-37)6-2-13-32-28)8-10-24(25)29(39)36(22-5-1-12-31-18-22)27-23-9-7-19(4-3-15-38)16-20(23)11-14-33-27/h2,6-11,13-14,16-17,22,31,38H,1,5,12,15,18H2/t22-/m1/s1. The van der Waals surface area contributed by atoms with Crippen LogP contribution in [0.15, 0.2) is 67.0 Å². The first-order chi connectivity index (χ1) is 19.1. The van der Waals surface area contributed by atoms with Crippen molar-refractivity contribution in [2.24, 2.45) is 0 Å². The molecule has 5 aromatic rings. The van der Waals surface area contributed by atoms with Crippen LogP contribution in [0.5, 0.6) is 0 Å². The van der Waals surface area contributed by atoms with E-state index in [-0.39, 0.29) is 18.2 Å². The number of nitrogens with zero attached hydrogens (tertiary/aromatic N) is 6. The minimum atomic E-state index is -0.673. The van der Waals surface area contributed by atoms with Gasteiger partial charge >= 0.3 is 0 Å². The predicted octanol–water partition coefficient (Wildman–Crippen LogP) is 3.25. The maximum absolute atomic E-state index is 15.6. The molecule has 1 aliphatic heterocycles. The number of hydrogen-bond donors (Lipinski definition) is 2. The Morgan fingerprint density at radius 1 is 1.15 bits per heavy atom. The van der Waals surface area contributed by atoms with E-state index in [1.807, 2.05) is 24.3 Å². The second kappa shape index (κ2) is 10.6. The van der Waals surface area contributed by atoms with Crippen LogP contribution in [0.4, 0.5) is 10.2 Å². The van der Waals surface area contributed by atoms with E-state index in [0.29, 0.717) is 29.2 Å². The van der Waals surface area contributed by atoms with Crippen molar-refractivity contribution in [2.45, 2.75) is 18.9 Å². The van der Waals surface area contributed by atoms with Gasteiger partial charge in [0, 0.05) is 36.0 Å². The molecule has 9 nitrogen and oxygen atoms in total. The number of amides is 1. The molecule has 0 saturated carbocycles. The van der Waals surface area contributed by atoms with E-state index in [9.17, 15) is 4.79 Å². The molecule has 3 aromatic heterocycles. The zero-order valence-electron chi connectivity index (χ0n) is 20.9. The van der Waals surface area contributed by atoms with Crippen molar-refractivity contribution in [1.82, 2.24) is 30.3 Å². The van der Waals surface area contributed by atoms with E-state index in [4.69, 9.17) is 5.11 Å². The van der Waals surface area contributed by atoms with Crippen LogP contribution in [-0.2, 0) is 0 Å². The lowest BCUT2D eigenvalue weighted by Crippen LogP contribution is -2.49. The highest BCUT2D eigenvalue weighted by atomic mass is 19.1. The Bertz CT molecular complexity index is 1750. The van der Waals surface area contributed by atoms with Gasteiger partial charge in [0.2, 0.25) is 0 Å². The summed E-state index contributed by atoms with van der Waals surface area (Å²) < 4.78 is 17.1. The Morgan fingerprint density at radius 2 is 2.08 bits per heavy atom. The maximum atomic E-state index is 15.6. The number of nitrogens with one attached hydrogen (secondary N) is 1. The largest absolute Gasteiger partial charge is 0.384 e. The molecule has 10 heteroatoms. The summed E-state index contributed by atoms with van der Waals surface area (Å²) in [6.45, 7) is 1.20. The van der Waals surface area contributed by atoms with Gasteiger partial charge in [0.25, 0.3) is 5.91 Å². The number of halogens is 1. The van der Waals surface area contributed by atoms with Crippen LogP contribution < -0.4 is 10.2 Å². The van der Waals surface area contributed by atoms with E-state index in [2.05, 4.69) is 37.4 Å². The molecule has 1 atom stereocenters. The van der Waals surface area contributed by atoms with Crippen molar-refractivity contribution in [2.75, 3.05) is 24.6 Å². The molecule has 0 bridgehead atoms. The molecular weight excluding hydrogens is 497 g/mol. The molecule has 0 aliphatic carbocycles. The van der Waals surface area contributed by atoms with Crippen molar-refractivity contribution in [3.05, 3.63) is 83.9 Å². The Hall–Kier alpha value is -4.72. The van der Waals surface area contributed by atoms with Gasteiger partial charge in [-0.05, 0) is 73.3 Å². The van der Waals surface area contributed by atoms with Gasteiger partial charge in [-0.3, -0.25) is 9.69 Å². The van der Waals surface area contributed by atoms with Gasteiger partial charge in [-0.15, -0.1) is 5.10 Å². The number of fused-ring (bicyclic) bond motifs is 2. The first-order valence-electron chi connectivity index (χ1n) is 12.6. The maximum Gasteiger partial charge on any atom is 0.262 e. The van der Waals surface area contributed by atoms with E-state index in [1.165, 1.54) is 16.8 Å². The average molecular weight is 522 g/mol. The van der Waals surface area contributed by atoms with Crippen LogP contribution in [0.25, 0.3) is 27.6 Å². The Kier molecular flexibility index (Phi) is 6.67. The first kappa shape index (κ1) is 24.6. The number of aliphatic hydroxyl groups excluding tert-OH is 1. The fourth-order valence-corrected chi connectivity index (χ4v) is 4.94. The molecule has 1 amide bonds. The average Bonchev–Trinajstić information content (AvgIpc) is 3.41.